The quantitative estimate of drug-likeness (QED) is 0.701. The molecule has 0 bridgehead atoms. The number of hydrogen-bond donors (Lipinski definition) is 2. The Morgan fingerprint density at radius 3 is 3.00 bits per heavy atom. The molecule has 1 aromatic rings. The Labute approximate surface area is 90.3 Å². The molecule has 1 aromatic heterocycles. The number of nitrogens with one attached hydrogen (secondary N) is 1. The predicted molar refractivity (Wildman–Crippen MR) is 60.2 cm³/mol. The highest BCUT2D eigenvalue weighted by Crippen LogP contribution is 2.21. The number of rotatable bonds is 6. The predicted octanol–water partition coefficient (Wildman–Crippen LogP) is 1.66. The fourth-order valence-corrected chi connectivity index (χ4v) is 1.16. The third-order valence-electron chi connectivity index (χ3n) is 1.76. The van der Waals surface area contributed by atoms with Gasteiger partial charge in [0.05, 0.1) is 6.10 Å². The zero-order valence-corrected chi connectivity index (χ0v) is 9.23. The van der Waals surface area contributed by atoms with Crippen molar-refractivity contribution in [2.24, 2.45) is 0 Å². The van der Waals surface area contributed by atoms with E-state index < -0.39 is 0 Å². The molecule has 0 spiro atoms. The smallest absolute Gasteiger partial charge is 0.168 e. The summed E-state index contributed by atoms with van der Waals surface area (Å²) in [5.74, 6) is 1.49. The van der Waals surface area contributed by atoms with Crippen LogP contribution in [0.2, 0.25) is 0 Å². The van der Waals surface area contributed by atoms with Gasteiger partial charge in [-0.25, -0.2) is 4.98 Å². The van der Waals surface area contributed by atoms with Gasteiger partial charge in [0.25, 0.3) is 0 Å². The number of nitrogens with zero attached hydrogens (tertiary/aromatic N) is 1. The summed E-state index contributed by atoms with van der Waals surface area (Å²) in [5.41, 5.74) is 0. The van der Waals surface area contributed by atoms with Crippen LogP contribution in [0.25, 0.3) is 0 Å². The molecule has 15 heavy (non-hydrogen) atoms. The summed E-state index contributed by atoms with van der Waals surface area (Å²) in [7, 11) is 0. The van der Waals surface area contributed by atoms with E-state index in [0.717, 1.165) is 11.6 Å². The lowest BCUT2D eigenvalue weighted by Crippen LogP contribution is -2.10. The van der Waals surface area contributed by atoms with Crippen LogP contribution in [0.5, 0.6) is 5.75 Å². The molecular formula is C11H18N2O2. The second kappa shape index (κ2) is 6.24. The van der Waals surface area contributed by atoms with E-state index >= 15 is 0 Å². The Bertz CT molecular complexity index is 290. The van der Waals surface area contributed by atoms with Crippen LogP contribution in [0.15, 0.2) is 18.3 Å². The SMILES string of the molecule is CC(C)Oc1cccnc1NCCCO. The van der Waals surface area contributed by atoms with Gasteiger partial charge in [0.2, 0.25) is 0 Å². The number of hydrogen-bond acceptors (Lipinski definition) is 4. The van der Waals surface area contributed by atoms with Crippen LogP contribution in [0.1, 0.15) is 20.3 Å². The topological polar surface area (TPSA) is 54.4 Å². The molecule has 4 heteroatoms. The molecule has 0 fully saturated rings. The molecule has 0 saturated heterocycles. The molecule has 0 aliphatic heterocycles. The molecule has 1 rings (SSSR count). The molecule has 0 atom stereocenters. The van der Waals surface area contributed by atoms with Crippen molar-refractivity contribution in [3.05, 3.63) is 18.3 Å². The summed E-state index contributed by atoms with van der Waals surface area (Å²) in [5, 5.41) is 11.8. The minimum absolute atomic E-state index is 0.132. The fourth-order valence-electron chi connectivity index (χ4n) is 1.16. The first kappa shape index (κ1) is 11.8. The Kier molecular flexibility index (Phi) is 4.90. The number of anilines is 1. The van der Waals surface area contributed by atoms with Gasteiger partial charge in [-0.1, -0.05) is 0 Å². The minimum atomic E-state index is 0.132. The lowest BCUT2D eigenvalue weighted by Gasteiger charge is -2.13. The number of aromatic nitrogens is 1. The molecule has 0 amide bonds. The minimum Gasteiger partial charge on any atom is -0.487 e. The third-order valence-corrected chi connectivity index (χ3v) is 1.76. The third kappa shape index (κ3) is 4.16. The summed E-state index contributed by atoms with van der Waals surface area (Å²) < 4.78 is 5.59. The van der Waals surface area contributed by atoms with E-state index in [9.17, 15) is 0 Å². The lowest BCUT2D eigenvalue weighted by molar-refractivity contribution is 0.242. The molecule has 0 saturated carbocycles. The van der Waals surface area contributed by atoms with Gasteiger partial charge in [0.15, 0.2) is 11.6 Å². The maximum atomic E-state index is 8.67. The van der Waals surface area contributed by atoms with Gasteiger partial charge in [-0.2, -0.15) is 0 Å². The van der Waals surface area contributed by atoms with E-state index in [-0.39, 0.29) is 12.7 Å². The van der Waals surface area contributed by atoms with E-state index in [1.165, 1.54) is 0 Å². The van der Waals surface area contributed by atoms with Crippen LogP contribution in [-0.4, -0.2) is 29.3 Å². The lowest BCUT2D eigenvalue weighted by atomic mass is 10.4. The zero-order valence-electron chi connectivity index (χ0n) is 9.23. The monoisotopic (exact) mass is 210 g/mol. The first-order valence-electron chi connectivity index (χ1n) is 5.20. The van der Waals surface area contributed by atoms with Gasteiger partial charge < -0.3 is 15.2 Å². The van der Waals surface area contributed by atoms with Crippen molar-refractivity contribution in [2.45, 2.75) is 26.4 Å². The van der Waals surface area contributed by atoms with Crippen molar-refractivity contribution in [1.29, 1.82) is 0 Å². The van der Waals surface area contributed by atoms with Gasteiger partial charge in [0, 0.05) is 19.3 Å². The molecule has 0 radical (unpaired) electrons. The number of pyridine rings is 1. The Morgan fingerprint density at radius 2 is 2.33 bits per heavy atom. The van der Waals surface area contributed by atoms with E-state index in [0.29, 0.717) is 13.0 Å². The van der Waals surface area contributed by atoms with Crippen LogP contribution in [-0.2, 0) is 0 Å². The van der Waals surface area contributed by atoms with Gasteiger partial charge in [0.1, 0.15) is 0 Å². The molecule has 4 nitrogen and oxygen atoms in total. The summed E-state index contributed by atoms with van der Waals surface area (Å²) in [4.78, 5) is 4.19. The second-order valence-electron chi connectivity index (χ2n) is 3.52. The summed E-state index contributed by atoms with van der Waals surface area (Å²) in [6.07, 6.45) is 2.55. The average molecular weight is 210 g/mol. The van der Waals surface area contributed by atoms with Gasteiger partial charge in [-0.15, -0.1) is 0 Å². The Balaban J connectivity index is 2.60. The van der Waals surface area contributed by atoms with Gasteiger partial charge in [-0.05, 0) is 32.4 Å². The van der Waals surface area contributed by atoms with E-state index in [1.54, 1.807) is 6.20 Å². The van der Waals surface area contributed by atoms with Crippen LogP contribution >= 0.6 is 0 Å². The summed E-state index contributed by atoms with van der Waals surface area (Å²) in [6.45, 7) is 4.83. The fraction of sp³-hybridized carbons (Fsp3) is 0.545. The second-order valence-corrected chi connectivity index (χ2v) is 3.52. The van der Waals surface area contributed by atoms with Crippen molar-refractivity contribution in [3.8, 4) is 5.75 Å². The molecule has 0 aromatic carbocycles. The molecule has 84 valence electrons. The molecular weight excluding hydrogens is 192 g/mol. The van der Waals surface area contributed by atoms with E-state index in [1.807, 2.05) is 26.0 Å². The first-order valence-corrected chi connectivity index (χ1v) is 5.20. The van der Waals surface area contributed by atoms with Crippen molar-refractivity contribution in [2.75, 3.05) is 18.5 Å². The number of aliphatic hydroxyl groups is 1. The normalized spacial score (nSPS) is 10.4. The zero-order chi connectivity index (χ0) is 11.1. The molecule has 1 heterocycles. The van der Waals surface area contributed by atoms with Crippen molar-refractivity contribution in [1.82, 2.24) is 4.98 Å². The Morgan fingerprint density at radius 1 is 1.53 bits per heavy atom. The van der Waals surface area contributed by atoms with E-state index in [4.69, 9.17) is 9.84 Å². The summed E-state index contributed by atoms with van der Waals surface area (Å²) >= 11 is 0. The first-order chi connectivity index (χ1) is 7.24. The largest absolute Gasteiger partial charge is 0.487 e. The Hall–Kier alpha value is -1.29. The van der Waals surface area contributed by atoms with Crippen LogP contribution in [0, 0.1) is 0 Å². The average Bonchev–Trinajstić information content (AvgIpc) is 2.20. The number of ether oxygens (including phenoxy) is 1. The number of aliphatic hydroxyl groups excluding tert-OH is 1. The highest BCUT2D eigenvalue weighted by atomic mass is 16.5. The molecule has 0 unspecified atom stereocenters. The molecule has 0 aliphatic carbocycles. The van der Waals surface area contributed by atoms with Crippen molar-refractivity contribution in [3.63, 3.8) is 0 Å². The van der Waals surface area contributed by atoms with Crippen molar-refractivity contribution < 1.29 is 9.84 Å². The highest BCUT2D eigenvalue weighted by molar-refractivity contribution is 5.49. The molecule has 0 aliphatic rings. The van der Waals surface area contributed by atoms with Crippen LogP contribution < -0.4 is 10.1 Å². The highest BCUT2D eigenvalue weighted by Gasteiger charge is 2.04. The van der Waals surface area contributed by atoms with E-state index in [2.05, 4.69) is 10.3 Å². The van der Waals surface area contributed by atoms with Crippen LogP contribution in [0.3, 0.4) is 0 Å². The standard InChI is InChI=1S/C11H18N2O2/c1-9(2)15-10-5-3-6-12-11(10)13-7-4-8-14/h3,5-6,9,14H,4,7-8H2,1-2H3,(H,12,13). The van der Waals surface area contributed by atoms with Gasteiger partial charge >= 0.3 is 0 Å². The maximum Gasteiger partial charge on any atom is 0.168 e. The maximum absolute atomic E-state index is 8.67. The molecule has 2 N–H and O–H groups in total. The van der Waals surface area contributed by atoms with Crippen molar-refractivity contribution >= 4 is 5.82 Å². The van der Waals surface area contributed by atoms with Crippen LogP contribution in [0.4, 0.5) is 5.82 Å². The summed E-state index contributed by atoms with van der Waals surface area (Å²) in [6, 6.07) is 3.73. The van der Waals surface area contributed by atoms with Gasteiger partial charge in [-0.3, -0.25) is 0 Å².